The molecule has 0 fully saturated rings. The lowest BCUT2D eigenvalue weighted by molar-refractivity contribution is -0.645. The number of amides is 1. The first-order chi connectivity index (χ1) is 10.6. The minimum absolute atomic E-state index is 0.120. The lowest BCUT2D eigenvalue weighted by Gasteiger charge is -2.10. The number of hydrogen-bond donors (Lipinski definition) is 1. The molecule has 2 rings (SSSR count). The molecule has 116 valence electrons. The molecule has 1 amide bonds. The van der Waals surface area contributed by atoms with Crippen molar-refractivity contribution in [3.63, 3.8) is 0 Å². The van der Waals surface area contributed by atoms with E-state index in [4.69, 9.17) is 0 Å². The summed E-state index contributed by atoms with van der Waals surface area (Å²) in [4.78, 5) is 11.9. The first-order valence-corrected chi connectivity index (χ1v) is 8.29. The molecule has 0 aliphatic rings. The SMILES string of the molecule is CCC(C)c1ccc(NC(=O)CSc2cccc[n+]2[O-])cc1. The fraction of sp³-hybridized carbons (Fsp3) is 0.294. The summed E-state index contributed by atoms with van der Waals surface area (Å²) in [7, 11) is 0. The van der Waals surface area contributed by atoms with Crippen molar-refractivity contribution in [3.8, 4) is 0 Å². The Bertz CT molecular complexity index is 629. The van der Waals surface area contributed by atoms with Gasteiger partial charge in [-0.05, 0) is 47.9 Å². The number of carbonyl (C=O) groups is 1. The maximum atomic E-state index is 11.9. The van der Waals surface area contributed by atoms with Gasteiger partial charge in [0.15, 0.2) is 6.20 Å². The second-order valence-corrected chi connectivity index (χ2v) is 6.13. The summed E-state index contributed by atoms with van der Waals surface area (Å²) in [5.74, 6) is 0.607. The van der Waals surface area contributed by atoms with E-state index >= 15 is 0 Å². The van der Waals surface area contributed by atoms with Crippen LogP contribution in [0.1, 0.15) is 31.7 Å². The van der Waals surface area contributed by atoms with Gasteiger partial charge >= 0.3 is 0 Å². The summed E-state index contributed by atoms with van der Waals surface area (Å²) in [6, 6.07) is 13.1. The van der Waals surface area contributed by atoms with E-state index in [1.807, 2.05) is 24.3 Å². The molecular weight excluding hydrogens is 296 g/mol. The summed E-state index contributed by atoms with van der Waals surface area (Å²) in [5, 5.41) is 14.8. The molecule has 1 heterocycles. The van der Waals surface area contributed by atoms with Gasteiger partial charge in [-0.15, -0.1) is 0 Å². The largest absolute Gasteiger partial charge is 0.618 e. The van der Waals surface area contributed by atoms with Crippen LogP contribution < -0.4 is 10.0 Å². The number of pyridine rings is 1. The Morgan fingerprint density at radius 1 is 1.27 bits per heavy atom. The number of nitrogens with one attached hydrogen (secondary N) is 1. The van der Waals surface area contributed by atoms with Crippen LogP contribution in [0.2, 0.25) is 0 Å². The topological polar surface area (TPSA) is 56.0 Å². The second kappa shape index (κ2) is 7.84. The molecule has 0 saturated heterocycles. The molecule has 4 nitrogen and oxygen atoms in total. The fourth-order valence-corrected chi connectivity index (χ4v) is 2.71. The van der Waals surface area contributed by atoms with Crippen molar-refractivity contribution in [2.24, 2.45) is 0 Å². The number of rotatable bonds is 6. The van der Waals surface area contributed by atoms with Gasteiger partial charge in [-0.2, -0.15) is 4.73 Å². The quantitative estimate of drug-likeness (QED) is 0.503. The van der Waals surface area contributed by atoms with E-state index < -0.39 is 0 Å². The summed E-state index contributed by atoms with van der Waals surface area (Å²) < 4.78 is 0.763. The van der Waals surface area contributed by atoms with Crippen molar-refractivity contribution in [3.05, 3.63) is 59.4 Å². The first-order valence-electron chi connectivity index (χ1n) is 7.31. The molecule has 0 saturated carbocycles. The normalized spacial score (nSPS) is 11.9. The zero-order valence-corrected chi connectivity index (χ0v) is 13.6. The molecule has 0 aliphatic carbocycles. The number of benzene rings is 1. The standard InChI is InChI=1S/C17H20N2O2S/c1-3-13(2)14-7-9-15(10-8-14)18-16(20)12-22-17-6-4-5-11-19(17)21/h4-11,13H,3,12H2,1-2H3,(H,18,20). The molecule has 0 spiro atoms. The number of thioether (sulfide) groups is 1. The Morgan fingerprint density at radius 3 is 2.64 bits per heavy atom. The Hall–Kier alpha value is -2.01. The second-order valence-electron chi connectivity index (χ2n) is 5.13. The molecular formula is C17H20N2O2S. The third-order valence-electron chi connectivity index (χ3n) is 3.52. The smallest absolute Gasteiger partial charge is 0.251 e. The van der Waals surface area contributed by atoms with E-state index in [-0.39, 0.29) is 11.7 Å². The molecule has 1 N–H and O–H groups in total. The molecule has 0 radical (unpaired) electrons. The molecule has 0 aliphatic heterocycles. The van der Waals surface area contributed by atoms with Crippen LogP contribution >= 0.6 is 11.8 Å². The predicted molar refractivity (Wildman–Crippen MR) is 89.9 cm³/mol. The lowest BCUT2D eigenvalue weighted by atomic mass is 9.99. The zero-order chi connectivity index (χ0) is 15.9. The van der Waals surface area contributed by atoms with Crippen LogP contribution in [0.4, 0.5) is 5.69 Å². The van der Waals surface area contributed by atoms with Crippen molar-refractivity contribution in [1.82, 2.24) is 0 Å². The van der Waals surface area contributed by atoms with Crippen LogP contribution in [-0.4, -0.2) is 11.7 Å². The van der Waals surface area contributed by atoms with Gasteiger partial charge in [-0.1, -0.05) is 26.0 Å². The number of carbonyl (C=O) groups excluding carboxylic acids is 1. The van der Waals surface area contributed by atoms with Crippen LogP contribution in [0, 0.1) is 5.21 Å². The van der Waals surface area contributed by atoms with Crippen molar-refractivity contribution in [2.45, 2.75) is 31.2 Å². The minimum atomic E-state index is -0.120. The van der Waals surface area contributed by atoms with Gasteiger partial charge in [-0.3, -0.25) is 4.79 Å². The first kappa shape index (κ1) is 16.4. The van der Waals surface area contributed by atoms with Crippen molar-refractivity contribution in [1.29, 1.82) is 0 Å². The van der Waals surface area contributed by atoms with E-state index in [2.05, 4.69) is 19.2 Å². The van der Waals surface area contributed by atoms with Crippen molar-refractivity contribution in [2.75, 3.05) is 11.1 Å². The van der Waals surface area contributed by atoms with Gasteiger partial charge in [0, 0.05) is 17.8 Å². The average molecular weight is 316 g/mol. The van der Waals surface area contributed by atoms with E-state index in [0.29, 0.717) is 10.9 Å². The highest BCUT2D eigenvalue weighted by atomic mass is 32.2. The lowest BCUT2D eigenvalue weighted by Crippen LogP contribution is -2.28. The minimum Gasteiger partial charge on any atom is -0.618 e. The molecule has 2 aromatic rings. The van der Waals surface area contributed by atoms with Crippen LogP contribution in [0.5, 0.6) is 0 Å². The molecule has 1 aromatic carbocycles. The van der Waals surface area contributed by atoms with E-state index in [1.54, 1.807) is 18.2 Å². The number of anilines is 1. The highest BCUT2D eigenvalue weighted by molar-refractivity contribution is 7.99. The molecule has 1 unspecified atom stereocenters. The summed E-state index contributed by atoms with van der Waals surface area (Å²) in [6.45, 7) is 4.34. The highest BCUT2D eigenvalue weighted by Crippen LogP contribution is 2.20. The van der Waals surface area contributed by atoms with Crippen molar-refractivity contribution < 1.29 is 9.52 Å². The monoisotopic (exact) mass is 316 g/mol. The van der Waals surface area contributed by atoms with E-state index in [0.717, 1.165) is 16.8 Å². The summed E-state index contributed by atoms with van der Waals surface area (Å²) >= 11 is 1.22. The maximum Gasteiger partial charge on any atom is 0.251 e. The van der Waals surface area contributed by atoms with Crippen molar-refractivity contribution >= 4 is 23.4 Å². The third kappa shape index (κ3) is 4.49. The Labute approximate surface area is 135 Å². The Kier molecular flexibility index (Phi) is 5.83. The van der Waals surface area contributed by atoms with Gasteiger partial charge in [-0.25, -0.2) is 0 Å². The predicted octanol–water partition coefficient (Wildman–Crippen LogP) is 3.56. The molecule has 22 heavy (non-hydrogen) atoms. The van der Waals surface area contributed by atoms with E-state index in [9.17, 15) is 10.0 Å². The fourth-order valence-electron chi connectivity index (χ4n) is 1.99. The number of hydrogen-bond acceptors (Lipinski definition) is 3. The van der Waals surface area contributed by atoms with Crippen LogP contribution in [0.3, 0.4) is 0 Å². The molecule has 1 atom stereocenters. The summed E-state index contributed by atoms with van der Waals surface area (Å²) in [6.07, 6.45) is 2.52. The maximum absolute atomic E-state index is 11.9. The van der Waals surface area contributed by atoms with Gasteiger partial charge in [0.25, 0.3) is 5.03 Å². The Morgan fingerprint density at radius 2 is 2.00 bits per heavy atom. The average Bonchev–Trinajstić information content (AvgIpc) is 2.54. The highest BCUT2D eigenvalue weighted by Gasteiger charge is 2.09. The molecule has 1 aromatic heterocycles. The zero-order valence-electron chi connectivity index (χ0n) is 12.8. The molecule has 0 bridgehead atoms. The van der Waals surface area contributed by atoms with E-state index in [1.165, 1.54) is 23.5 Å². The van der Waals surface area contributed by atoms with Gasteiger partial charge in [0.05, 0.1) is 5.75 Å². The van der Waals surface area contributed by atoms with Gasteiger partial charge in [0.1, 0.15) is 0 Å². The molecule has 5 heteroatoms. The third-order valence-corrected chi connectivity index (χ3v) is 4.53. The van der Waals surface area contributed by atoms with Gasteiger partial charge < -0.3 is 10.5 Å². The van der Waals surface area contributed by atoms with Crippen LogP contribution in [0.25, 0.3) is 0 Å². The number of aromatic nitrogens is 1. The van der Waals surface area contributed by atoms with Crippen LogP contribution in [-0.2, 0) is 4.79 Å². The summed E-state index contributed by atoms with van der Waals surface area (Å²) in [5.41, 5.74) is 2.05. The van der Waals surface area contributed by atoms with Gasteiger partial charge in [0.2, 0.25) is 5.91 Å². The Balaban J connectivity index is 1.88. The number of nitrogens with zero attached hydrogens (tertiary/aromatic N) is 1. The van der Waals surface area contributed by atoms with Crippen LogP contribution in [0.15, 0.2) is 53.7 Å².